The third kappa shape index (κ3) is 6.56. The van der Waals surface area contributed by atoms with E-state index < -0.39 is 31.0 Å². The van der Waals surface area contributed by atoms with Crippen molar-refractivity contribution >= 4 is 40.6 Å². The van der Waals surface area contributed by atoms with Crippen LogP contribution in [0.4, 0.5) is 17.1 Å². The Bertz CT molecular complexity index is 817. The van der Waals surface area contributed by atoms with Crippen LogP contribution in [0.25, 0.3) is 0 Å². The first-order chi connectivity index (χ1) is 14.7. The third-order valence-corrected chi connectivity index (χ3v) is 6.22. The summed E-state index contributed by atoms with van der Waals surface area (Å²) in [5.41, 5.74) is 11.2. The summed E-state index contributed by atoms with van der Waals surface area (Å²) in [5, 5.41) is 60.4. The minimum absolute atomic E-state index is 0.0930. The van der Waals surface area contributed by atoms with Crippen LogP contribution in [0.15, 0.2) is 46.2 Å². The number of hydrogen-bond acceptors (Lipinski definition) is 11. The zero-order valence-electron chi connectivity index (χ0n) is 17.2. The van der Waals surface area contributed by atoms with Gasteiger partial charge in [0, 0.05) is 9.79 Å². The number of thioether (sulfide) groups is 2. The van der Waals surface area contributed by atoms with Crippen LogP contribution >= 0.6 is 23.5 Å². The van der Waals surface area contributed by atoms with E-state index in [0.717, 1.165) is 9.79 Å². The number of phenolic OH excluding ortho intramolecular Hbond substituents is 1. The third-order valence-electron chi connectivity index (χ3n) is 4.67. The molecule has 172 valence electrons. The molecule has 2 aromatic carbocycles. The molecule has 0 radical (unpaired) electrons. The van der Waals surface area contributed by atoms with Gasteiger partial charge in [0.25, 0.3) is 0 Å². The van der Waals surface area contributed by atoms with Crippen LogP contribution in [-0.2, 0) is 0 Å². The maximum Gasteiger partial charge on any atom is 0.115 e. The van der Waals surface area contributed by atoms with E-state index >= 15 is 0 Å². The highest BCUT2D eigenvalue weighted by atomic mass is 32.2. The average molecular weight is 472 g/mol. The average Bonchev–Trinajstić information content (AvgIpc) is 2.78. The van der Waals surface area contributed by atoms with Crippen molar-refractivity contribution in [2.75, 3.05) is 41.8 Å². The maximum atomic E-state index is 10.5. The molecule has 0 heterocycles. The number of hydrogen-bond donors (Lipinski definition) is 8. The van der Waals surface area contributed by atoms with Gasteiger partial charge in [-0.05, 0) is 48.9 Å². The monoisotopic (exact) mass is 471 g/mol. The fourth-order valence-corrected chi connectivity index (χ4v) is 4.05. The second-order valence-corrected chi connectivity index (χ2v) is 8.53. The lowest BCUT2D eigenvalue weighted by atomic mass is 10.0. The number of nitrogens with two attached hydrogens (primary N) is 1. The lowest BCUT2D eigenvalue weighted by Crippen LogP contribution is -2.50. The van der Waals surface area contributed by atoms with E-state index in [-0.39, 0.29) is 12.3 Å². The number of rotatable bonds is 11. The Kier molecular flexibility index (Phi) is 9.56. The molecule has 0 saturated carbocycles. The van der Waals surface area contributed by atoms with E-state index in [1.807, 2.05) is 24.6 Å². The molecule has 0 amide bonds. The number of nitrogen functional groups attached to an aromatic ring is 1. The second kappa shape index (κ2) is 11.7. The van der Waals surface area contributed by atoms with Crippen molar-refractivity contribution in [1.29, 1.82) is 0 Å². The molecule has 0 bridgehead atoms. The van der Waals surface area contributed by atoms with Crippen LogP contribution in [0.1, 0.15) is 0 Å². The van der Waals surface area contributed by atoms with Gasteiger partial charge in [0.1, 0.15) is 30.2 Å². The van der Waals surface area contributed by atoms with E-state index in [4.69, 9.17) is 10.8 Å². The number of benzene rings is 2. The zero-order chi connectivity index (χ0) is 23.1. The van der Waals surface area contributed by atoms with Crippen molar-refractivity contribution in [2.45, 2.75) is 34.2 Å². The van der Waals surface area contributed by atoms with Crippen molar-refractivity contribution in [3.63, 3.8) is 0 Å². The van der Waals surface area contributed by atoms with E-state index in [0.29, 0.717) is 17.1 Å². The molecule has 2 aromatic rings. The molecule has 31 heavy (non-hydrogen) atoms. The van der Waals surface area contributed by atoms with Crippen LogP contribution in [0, 0.1) is 0 Å². The van der Waals surface area contributed by atoms with Gasteiger partial charge in [-0.3, -0.25) is 10.4 Å². The Labute approximate surface area is 189 Å². The summed E-state index contributed by atoms with van der Waals surface area (Å²) in [4.78, 5) is 1.65. The first-order valence-electron chi connectivity index (χ1n) is 9.39. The fraction of sp³-hybridized carbons (Fsp3) is 0.400. The van der Waals surface area contributed by atoms with Crippen molar-refractivity contribution in [3.05, 3.63) is 36.4 Å². The number of nitrogens with zero attached hydrogens (tertiary/aromatic N) is 1. The summed E-state index contributed by atoms with van der Waals surface area (Å²) in [6.07, 6.45) is -2.73. The zero-order valence-corrected chi connectivity index (χ0v) is 18.8. The predicted octanol–water partition coefficient (Wildman–Crippen LogP) is 0.688. The normalized spacial score (nSPS) is 15.2. The molecule has 9 nitrogen and oxygen atoms in total. The minimum atomic E-state index is -1.73. The molecular weight excluding hydrogens is 442 g/mol. The molecule has 0 spiro atoms. The number of aliphatic hydroxyl groups excluding tert-OH is 5. The highest BCUT2D eigenvalue weighted by molar-refractivity contribution is 7.99. The van der Waals surface area contributed by atoms with Crippen LogP contribution < -0.4 is 16.2 Å². The number of nitrogens with one attached hydrogen (secondary N) is 1. The predicted molar refractivity (Wildman–Crippen MR) is 125 cm³/mol. The van der Waals surface area contributed by atoms with Gasteiger partial charge in [0.05, 0.1) is 30.2 Å². The Hall–Kier alpha value is -1.86. The van der Waals surface area contributed by atoms with Gasteiger partial charge < -0.3 is 36.4 Å². The molecule has 0 aliphatic rings. The Morgan fingerprint density at radius 2 is 1.45 bits per heavy atom. The lowest BCUT2D eigenvalue weighted by molar-refractivity contribution is -0.112. The molecule has 9 N–H and O–H groups in total. The Morgan fingerprint density at radius 3 is 1.94 bits per heavy atom. The Balaban J connectivity index is 2.38. The number of aromatic hydroxyl groups is 1. The number of phenols is 1. The Morgan fingerprint density at radius 1 is 0.935 bits per heavy atom. The van der Waals surface area contributed by atoms with Gasteiger partial charge in [0.15, 0.2) is 0 Å². The van der Waals surface area contributed by atoms with Crippen LogP contribution in [0.2, 0.25) is 0 Å². The first kappa shape index (κ1) is 25.4. The molecule has 11 heteroatoms. The second-order valence-electron chi connectivity index (χ2n) is 6.83. The largest absolute Gasteiger partial charge is 0.508 e. The highest BCUT2D eigenvalue weighted by Gasteiger charge is 2.31. The molecule has 2 rings (SSSR count). The van der Waals surface area contributed by atoms with Gasteiger partial charge in [0.2, 0.25) is 0 Å². The van der Waals surface area contributed by atoms with Gasteiger partial charge in [-0.2, -0.15) is 0 Å². The standard InChI is InChI=1S/C20H29N3O6S2/c1-30-16-7-12(8-17(31-2)18(16)21)23(22-11-3-5-13(25)6-4-11)9-14(26)19(28)20(29)15(27)10-24/h3-8,14-15,19-20,22,24-29H,9-10,21H2,1-2H3. The number of anilines is 3. The summed E-state index contributed by atoms with van der Waals surface area (Å²) in [7, 11) is 0. The number of aliphatic hydroxyl groups is 5. The summed E-state index contributed by atoms with van der Waals surface area (Å²) in [6.45, 7) is -0.935. The minimum Gasteiger partial charge on any atom is -0.508 e. The fourth-order valence-electron chi connectivity index (χ4n) is 2.85. The summed E-state index contributed by atoms with van der Waals surface area (Å²) >= 11 is 2.93. The van der Waals surface area contributed by atoms with Gasteiger partial charge in [-0.15, -0.1) is 23.5 Å². The first-order valence-corrected chi connectivity index (χ1v) is 11.8. The van der Waals surface area contributed by atoms with Crippen molar-refractivity contribution in [1.82, 2.24) is 0 Å². The molecule has 0 aromatic heterocycles. The molecule has 0 aliphatic heterocycles. The lowest BCUT2D eigenvalue weighted by Gasteiger charge is -2.33. The smallest absolute Gasteiger partial charge is 0.115 e. The molecule has 4 unspecified atom stereocenters. The quantitative estimate of drug-likeness (QED) is 0.101. The highest BCUT2D eigenvalue weighted by Crippen LogP contribution is 2.36. The van der Waals surface area contributed by atoms with E-state index in [1.54, 1.807) is 17.1 Å². The summed E-state index contributed by atoms with van der Waals surface area (Å²) < 4.78 is 0. The van der Waals surface area contributed by atoms with Crippen molar-refractivity contribution < 1.29 is 30.6 Å². The van der Waals surface area contributed by atoms with Crippen molar-refractivity contribution in [3.8, 4) is 5.75 Å². The van der Waals surface area contributed by atoms with Crippen molar-refractivity contribution in [2.24, 2.45) is 0 Å². The topological polar surface area (TPSA) is 163 Å². The van der Waals surface area contributed by atoms with Gasteiger partial charge in [-0.1, -0.05) is 0 Å². The van der Waals surface area contributed by atoms with E-state index in [2.05, 4.69) is 5.43 Å². The van der Waals surface area contributed by atoms with E-state index in [9.17, 15) is 25.5 Å². The van der Waals surface area contributed by atoms with Gasteiger partial charge >= 0.3 is 0 Å². The van der Waals surface area contributed by atoms with Crippen LogP contribution in [-0.4, -0.2) is 80.7 Å². The molecule has 4 atom stereocenters. The molecule has 0 saturated heterocycles. The number of hydrazine groups is 1. The molecule has 0 fully saturated rings. The summed E-state index contributed by atoms with van der Waals surface area (Å²) in [6, 6.07) is 9.92. The van der Waals surface area contributed by atoms with Crippen LogP contribution in [0.5, 0.6) is 5.75 Å². The molecule has 0 aliphatic carbocycles. The van der Waals surface area contributed by atoms with Gasteiger partial charge in [-0.25, -0.2) is 0 Å². The SMILES string of the molecule is CSc1cc(N(CC(O)C(O)C(O)C(O)CO)Nc2ccc(O)cc2)cc(SC)c1N. The molecular formula is C20H29N3O6S2. The van der Waals surface area contributed by atoms with Crippen LogP contribution in [0.3, 0.4) is 0 Å². The maximum absolute atomic E-state index is 10.5. The summed E-state index contributed by atoms with van der Waals surface area (Å²) in [5.74, 6) is 0.0930. The van der Waals surface area contributed by atoms with E-state index in [1.165, 1.54) is 35.7 Å².